The number of carbonyl (C=O) groups excluding carboxylic acids is 2. The molecule has 6 atom stereocenters. The fraction of sp³-hybridized carbons (Fsp3) is 0.590. The van der Waals surface area contributed by atoms with Crippen molar-refractivity contribution in [3.63, 3.8) is 0 Å². The second kappa shape index (κ2) is 13.4. The lowest BCUT2D eigenvalue weighted by molar-refractivity contribution is 0.100. The maximum absolute atomic E-state index is 11.4. The Bertz CT molecular complexity index is 1350. The zero-order chi connectivity index (χ0) is 30.9. The Kier molecular flexibility index (Phi) is 9.14. The molecule has 6 nitrogen and oxygen atoms in total. The molecule has 0 radical (unpaired) electrons. The number of anilines is 2. The van der Waals surface area contributed by atoms with Crippen LogP contribution in [0, 0.1) is 29.6 Å². The second-order valence-corrected chi connectivity index (χ2v) is 14.8. The first-order valence-electron chi connectivity index (χ1n) is 17.8. The molecule has 0 amide bonds. The van der Waals surface area contributed by atoms with Gasteiger partial charge < -0.3 is 9.80 Å². The fourth-order valence-corrected chi connectivity index (χ4v) is 9.41. The molecule has 4 bridgehead atoms. The smallest absolute Gasteiger partial charge is 0.159 e. The Morgan fingerprint density at radius 1 is 0.644 bits per heavy atom. The molecule has 2 aromatic rings. The molecule has 6 heteroatoms. The van der Waals surface area contributed by atoms with Gasteiger partial charge in [0.25, 0.3) is 0 Å². The van der Waals surface area contributed by atoms with E-state index in [0.717, 1.165) is 86.0 Å². The summed E-state index contributed by atoms with van der Waals surface area (Å²) in [7, 11) is 0. The number of hydrogen-bond acceptors (Lipinski definition) is 6. The zero-order valence-corrected chi connectivity index (χ0v) is 27.4. The Hall–Kier alpha value is -2.96. The average molecular weight is 609 g/mol. The van der Waals surface area contributed by atoms with E-state index in [2.05, 4.69) is 56.0 Å². The number of nitrogens with zero attached hydrogens (tertiary/aromatic N) is 4. The van der Waals surface area contributed by atoms with Gasteiger partial charge in [0.2, 0.25) is 0 Å². The van der Waals surface area contributed by atoms with Gasteiger partial charge >= 0.3 is 0 Å². The average Bonchev–Trinajstić information content (AvgIpc) is 3.89. The quantitative estimate of drug-likeness (QED) is 0.267. The molecule has 4 aliphatic carbocycles. The summed E-state index contributed by atoms with van der Waals surface area (Å²) in [5.74, 6) is 4.95. The van der Waals surface area contributed by atoms with E-state index in [0.29, 0.717) is 0 Å². The van der Waals surface area contributed by atoms with Crippen LogP contribution >= 0.6 is 0 Å². The molecule has 45 heavy (non-hydrogen) atoms. The molecular weight excluding hydrogens is 556 g/mol. The van der Waals surface area contributed by atoms with Crippen LogP contribution in [0.15, 0.2) is 60.7 Å². The van der Waals surface area contributed by atoms with Crippen molar-refractivity contribution < 1.29 is 9.59 Å². The number of Topliss-reactive ketones (excluding diaryl/α,β-unsaturated/α-hetero) is 2. The molecule has 240 valence electrons. The molecule has 2 aliphatic heterocycles. The van der Waals surface area contributed by atoms with Gasteiger partial charge in [0.1, 0.15) is 0 Å². The lowest BCUT2D eigenvalue weighted by atomic mass is 9.93. The highest BCUT2D eigenvalue weighted by atomic mass is 16.1. The van der Waals surface area contributed by atoms with Crippen LogP contribution in [0.5, 0.6) is 0 Å². The van der Waals surface area contributed by atoms with Crippen molar-refractivity contribution in [2.75, 3.05) is 68.7 Å². The van der Waals surface area contributed by atoms with Crippen LogP contribution in [0.1, 0.15) is 73.1 Å². The van der Waals surface area contributed by atoms with Crippen molar-refractivity contribution in [3.8, 4) is 0 Å². The lowest BCUT2D eigenvalue weighted by Gasteiger charge is -2.41. The third kappa shape index (κ3) is 6.92. The van der Waals surface area contributed by atoms with Gasteiger partial charge in [-0.1, -0.05) is 18.6 Å². The summed E-state index contributed by atoms with van der Waals surface area (Å²) >= 11 is 0. The summed E-state index contributed by atoms with van der Waals surface area (Å²) in [5, 5.41) is 0. The largest absolute Gasteiger partial charge is 0.369 e. The molecule has 2 aromatic carbocycles. The van der Waals surface area contributed by atoms with Gasteiger partial charge in [-0.05, 0) is 124 Å². The van der Waals surface area contributed by atoms with Crippen molar-refractivity contribution in [3.05, 3.63) is 71.8 Å². The highest BCUT2D eigenvalue weighted by Crippen LogP contribution is 2.47. The van der Waals surface area contributed by atoms with Crippen molar-refractivity contribution >= 4 is 22.9 Å². The number of benzene rings is 2. The molecule has 2 saturated heterocycles. The van der Waals surface area contributed by atoms with E-state index in [1.54, 1.807) is 13.8 Å². The number of carbonyl (C=O) groups is 2. The molecule has 2 heterocycles. The van der Waals surface area contributed by atoms with Crippen molar-refractivity contribution in [1.82, 2.24) is 9.80 Å². The predicted octanol–water partition coefficient (Wildman–Crippen LogP) is 6.42. The van der Waals surface area contributed by atoms with Gasteiger partial charge in [-0.2, -0.15) is 0 Å². The zero-order valence-electron chi connectivity index (χ0n) is 27.4. The van der Waals surface area contributed by atoms with E-state index in [1.807, 2.05) is 24.3 Å². The van der Waals surface area contributed by atoms with Crippen LogP contribution in [0.2, 0.25) is 0 Å². The van der Waals surface area contributed by atoms with Crippen molar-refractivity contribution in [2.45, 2.75) is 58.4 Å². The summed E-state index contributed by atoms with van der Waals surface area (Å²) in [5.41, 5.74) is 4.12. The number of rotatable bonds is 7. The van der Waals surface area contributed by atoms with E-state index in [9.17, 15) is 9.59 Å². The summed E-state index contributed by atoms with van der Waals surface area (Å²) < 4.78 is 0. The summed E-state index contributed by atoms with van der Waals surface area (Å²) in [6, 6.07) is 17.1. The van der Waals surface area contributed by atoms with E-state index >= 15 is 0 Å². The van der Waals surface area contributed by atoms with Gasteiger partial charge in [-0.25, -0.2) is 0 Å². The van der Waals surface area contributed by atoms with E-state index < -0.39 is 0 Å². The van der Waals surface area contributed by atoms with Crippen molar-refractivity contribution in [1.29, 1.82) is 0 Å². The molecule has 5 fully saturated rings. The SMILES string of the molecule is CC(=O)c1ccc(N2CCN(C3CC4CCC3C4)CC2)cc1.CC(=O)c1ccc(N2CCN(CC3CC4C=CC3C4)CC2)cc1. The van der Waals surface area contributed by atoms with Crippen LogP contribution in [0.25, 0.3) is 0 Å². The topological polar surface area (TPSA) is 47.1 Å². The van der Waals surface area contributed by atoms with E-state index in [-0.39, 0.29) is 11.6 Å². The van der Waals surface area contributed by atoms with Crippen LogP contribution in [-0.2, 0) is 0 Å². The molecule has 0 spiro atoms. The summed E-state index contributed by atoms with van der Waals surface area (Å²) in [4.78, 5) is 33.1. The normalized spacial score (nSPS) is 30.9. The maximum atomic E-state index is 11.4. The lowest BCUT2D eigenvalue weighted by Crippen LogP contribution is -2.51. The van der Waals surface area contributed by atoms with Gasteiger partial charge in [-0.3, -0.25) is 19.4 Å². The Morgan fingerprint density at radius 3 is 1.67 bits per heavy atom. The number of fused-ring (bicyclic) bond motifs is 4. The minimum atomic E-state index is 0.140. The molecule has 3 saturated carbocycles. The molecular formula is C39H52N4O2. The molecule has 0 aromatic heterocycles. The minimum absolute atomic E-state index is 0.140. The first-order chi connectivity index (χ1) is 21.9. The second-order valence-electron chi connectivity index (χ2n) is 14.8. The first-order valence-corrected chi connectivity index (χ1v) is 17.8. The highest BCUT2D eigenvalue weighted by molar-refractivity contribution is 5.94. The van der Waals surface area contributed by atoms with Gasteiger partial charge in [-0.15, -0.1) is 0 Å². The molecule has 6 unspecified atom stereocenters. The third-order valence-corrected chi connectivity index (χ3v) is 12.0. The van der Waals surface area contributed by atoms with Gasteiger partial charge in [0.05, 0.1) is 0 Å². The van der Waals surface area contributed by atoms with Crippen molar-refractivity contribution in [2.24, 2.45) is 29.6 Å². The number of allylic oxidation sites excluding steroid dienone is 2. The first kappa shape index (κ1) is 30.7. The van der Waals surface area contributed by atoms with E-state index in [4.69, 9.17) is 0 Å². The maximum Gasteiger partial charge on any atom is 0.159 e. The molecule has 0 N–H and O–H groups in total. The summed E-state index contributed by atoms with van der Waals surface area (Å²) in [6.45, 7) is 13.7. The number of hydrogen-bond donors (Lipinski definition) is 0. The Labute approximate surface area is 270 Å². The van der Waals surface area contributed by atoms with Crippen LogP contribution in [0.4, 0.5) is 11.4 Å². The Morgan fingerprint density at radius 2 is 1.22 bits per heavy atom. The predicted molar refractivity (Wildman–Crippen MR) is 183 cm³/mol. The number of ketones is 2. The highest BCUT2D eigenvalue weighted by Gasteiger charge is 2.42. The Balaban J connectivity index is 0.000000145. The van der Waals surface area contributed by atoms with Gasteiger partial charge in [0.15, 0.2) is 11.6 Å². The molecule has 8 rings (SSSR count). The third-order valence-electron chi connectivity index (χ3n) is 12.0. The van der Waals surface area contributed by atoms with Crippen LogP contribution in [0.3, 0.4) is 0 Å². The van der Waals surface area contributed by atoms with Crippen LogP contribution < -0.4 is 9.80 Å². The standard InChI is InChI=1S/C20H26N2O.C19H26N2O/c1-15(23)17-4-6-20(7-5-17)22-10-8-21(9-11-22)14-19-13-16-2-3-18(19)12-16;1-14(22)16-4-6-18(7-5-16)20-8-10-21(11-9-20)19-13-15-2-3-17(19)12-15/h2-7,16,18-19H,8-14H2,1H3;4-7,15,17,19H,2-3,8-13H2,1H3. The number of piperazine rings is 2. The van der Waals surface area contributed by atoms with E-state index in [1.165, 1.54) is 69.5 Å². The minimum Gasteiger partial charge on any atom is -0.369 e. The molecule has 6 aliphatic rings. The summed E-state index contributed by atoms with van der Waals surface area (Å²) in [6.07, 6.45) is 13.6. The van der Waals surface area contributed by atoms with Crippen LogP contribution in [-0.4, -0.2) is 86.3 Å². The fourth-order valence-electron chi connectivity index (χ4n) is 9.41. The van der Waals surface area contributed by atoms with Gasteiger partial charge in [0, 0.05) is 87.4 Å². The monoisotopic (exact) mass is 608 g/mol.